The highest BCUT2D eigenvalue weighted by Crippen LogP contribution is 2.33. The highest BCUT2D eigenvalue weighted by atomic mass is 16.2. The molecule has 1 amide bonds. The van der Waals surface area contributed by atoms with E-state index in [1.165, 1.54) is 17.5 Å². The van der Waals surface area contributed by atoms with Crippen LogP contribution >= 0.6 is 0 Å². The molecule has 0 bridgehead atoms. The summed E-state index contributed by atoms with van der Waals surface area (Å²) in [6.07, 6.45) is 6.09. The minimum absolute atomic E-state index is 0.00805. The van der Waals surface area contributed by atoms with Gasteiger partial charge in [0.25, 0.3) is 5.91 Å². The van der Waals surface area contributed by atoms with Crippen molar-refractivity contribution < 1.29 is 4.79 Å². The summed E-state index contributed by atoms with van der Waals surface area (Å²) >= 11 is 0. The van der Waals surface area contributed by atoms with Crippen LogP contribution < -0.4 is 5.69 Å². The Kier molecular flexibility index (Phi) is 5.21. The van der Waals surface area contributed by atoms with Crippen LogP contribution in [0.25, 0.3) is 11.3 Å². The normalized spacial score (nSPS) is 18.0. The fourth-order valence-corrected chi connectivity index (χ4v) is 4.98. The predicted molar refractivity (Wildman–Crippen MR) is 117 cm³/mol. The number of carbonyl (C=O) groups is 1. The van der Waals surface area contributed by atoms with Crippen molar-refractivity contribution in [3.63, 3.8) is 0 Å². The molecule has 0 unspecified atom stereocenters. The summed E-state index contributed by atoms with van der Waals surface area (Å²) in [6, 6.07) is 11.9. The van der Waals surface area contributed by atoms with E-state index in [4.69, 9.17) is 0 Å². The van der Waals surface area contributed by atoms with Crippen LogP contribution in [0, 0.1) is 0 Å². The first-order valence-electron chi connectivity index (χ1n) is 11.2. The van der Waals surface area contributed by atoms with E-state index in [2.05, 4.69) is 15.3 Å². The van der Waals surface area contributed by atoms with Crippen LogP contribution in [0.2, 0.25) is 0 Å². The molecule has 0 spiro atoms. The first kappa shape index (κ1) is 19.8. The SMILES string of the molecule is Cn1nc(C2CCN(C(=O)c3cc(-c4ccccc4)n[nH]3)CC2)n(C2CCCC2)c1=O. The molecular formula is C23H28N6O2. The van der Waals surface area contributed by atoms with Crippen molar-refractivity contribution in [2.24, 2.45) is 7.05 Å². The second kappa shape index (κ2) is 8.17. The zero-order valence-corrected chi connectivity index (χ0v) is 17.8. The third-order valence-corrected chi connectivity index (χ3v) is 6.70. The molecule has 1 saturated carbocycles. The van der Waals surface area contributed by atoms with E-state index >= 15 is 0 Å². The molecule has 1 N–H and O–H groups in total. The Balaban J connectivity index is 1.28. The molecule has 2 aromatic heterocycles. The van der Waals surface area contributed by atoms with Crippen LogP contribution in [-0.4, -0.2) is 48.4 Å². The summed E-state index contributed by atoms with van der Waals surface area (Å²) in [5.74, 6) is 1.09. The van der Waals surface area contributed by atoms with Crippen LogP contribution in [-0.2, 0) is 7.05 Å². The molecule has 2 aliphatic rings. The van der Waals surface area contributed by atoms with Crippen molar-refractivity contribution >= 4 is 5.91 Å². The zero-order valence-electron chi connectivity index (χ0n) is 17.8. The number of nitrogens with zero attached hydrogens (tertiary/aromatic N) is 5. The number of hydrogen-bond donors (Lipinski definition) is 1. The van der Waals surface area contributed by atoms with Gasteiger partial charge in [-0.1, -0.05) is 43.2 Å². The Hall–Kier alpha value is -3.16. The molecule has 8 nitrogen and oxygen atoms in total. The fraction of sp³-hybridized carbons (Fsp3) is 0.478. The second-order valence-electron chi connectivity index (χ2n) is 8.67. The van der Waals surface area contributed by atoms with Gasteiger partial charge in [-0.25, -0.2) is 9.48 Å². The van der Waals surface area contributed by atoms with Gasteiger partial charge < -0.3 is 4.90 Å². The average molecular weight is 421 g/mol. The van der Waals surface area contributed by atoms with E-state index in [1.807, 2.05) is 45.9 Å². The average Bonchev–Trinajstić information content (AvgIpc) is 3.56. The highest BCUT2D eigenvalue weighted by molar-refractivity contribution is 5.93. The first-order chi connectivity index (χ1) is 15.1. The molecule has 1 saturated heterocycles. The number of carbonyl (C=O) groups excluding carboxylic acids is 1. The van der Waals surface area contributed by atoms with Crippen LogP contribution in [0.4, 0.5) is 0 Å². The minimum Gasteiger partial charge on any atom is -0.337 e. The number of likely N-dealkylation sites (tertiary alicyclic amines) is 1. The number of hydrogen-bond acceptors (Lipinski definition) is 4. The van der Waals surface area contributed by atoms with Gasteiger partial charge in [0.1, 0.15) is 11.5 Å². The van der Waals surface area contributed by atoms with Gasteiger partial charge >= 0.3 is 5.69 Å². The van der Waals surface area contributed by atoms with Crippen LogP contribution in [0.3, 0.4) is 0 Å². The van der Waals surface area contributed by atoms with E-state index < -0.39 is 0 Å². The minimum atomic E-state index is -0.0256. The summed E-state index contributed by atoms with van der Waals surface area (Å²) in [4.78, 5) is 27.6. The maximum Gasteiger partial charge on any atom is 0.345 e. The van der Waals surface area contributed by atoms with E-state index in [-0.39, 0.29) is 23.6 Å². The van der Waals surface area contributed by atoms with E-state index in [0.29, 0.717) is 18.8 Å². The number of aromatic nitrogens is 5. The number of rotatable bonds is 4. The summed E-state index contributed by atoms with van der Waals surface area (Å²) < 4.78 is 3.41. The van der Waals surface area contributed by atoms with Crippen LogP contribution in [0.5, 0.6) is 0 Å². The van der Waals surface area contributed by atoms with Crippen molar-refractivity contribution in [2.45, 2.75) is 50.5 Å². The fourth-order valence-electron chi connectivity index (χ4n) is 4.98. The smallest absolute Gasteiger partial charge is 0.337 e. The monoisotopic (exact) mass is 420 g/mol. The topological polar surface area (TPSA) is 88.8 Å². The number of amides is 1. The molecule has 3 aromatic rings. The molecule has 2 fully saturated rings. The third-order valence-electron chi connectivity index (χ3n) is 6.70. The summed E-state index contributed by atoms with van der Waals surface area (Å²) in [5, 5.41) is 11.8. The maximum absolute atomic E-state index is 13.0. The molecule has 31 heavy (non-hydrogen) atoms. The van der Waals surface area contributed by atoms with Gasteiger partial charge in [-0.2, -0.15) is 10.2 Å². The van der Waals surface area contributed by atoms with E-state index in [1.54, 1.807) is 7.05 Å². The first-order valence-corrected chi connectivity index (χ1v) is 11.2. The highest BCUT2D eigenvalue weighted by Gasteiger charge is 2.32. The van der Waals surface area contributed by atoms with Crippen molar-refractivity contribution in [1.82, 2.24) is 29.4 Å². The Morgan fingerprint density at radius 2 is 1.77 bits per heavy atom. The molecular weight excluding hydrogens is 392 g/mol. The third kappa shape index (κ3) is 3.71. The van der Waals surface area contributed by atoms with Crippen molar-refractivity contribution in [2.75, 3.05) is 13.1 Å². The number of H-pyrrole nitrogens is 1. The summed E-state index contributed by atoms with van der Waals surface area (Å²) in [5.41, 5.74) is 2.26. The molecule has 5 rings (SSSR count). The molecule has 0 radical (unpaired) electrons. The molecule has 1 aliphatic heterocycles. The molecule has 1 aliphatic carbocycles. The van der Waals surface area contributed by atoms with Crippen molar-refractivity contribution in [3.8, 4) is 11.3 Å². The van der Waals surface area contributed by atoms with Gasteiger partial charge in [0.15, 0.2) is 0 Å². The Bertz CT molecular complexity index is 1110. The van der Waals surface area contributed by atoms with E-state index in [0.717, 1.165) is 42.8 Å². The van der Waals surface area contributed by atoms with Gasteiger partial charge in [-0.15, -0.1) is 0 Å². The number of benzene rings is 1. The van der Waals surface area contributed by atoms with Gasteiger partial charge in [0.05, 0.1) is 5.69 Å². The maximum atomic E-state index is 13.0. The number of nitrogens with one attached hydrogen (secondary N) is 1. The molecule has 0 atom stereocenters. The van der Waals surface area contributed by atoms with Gasteiger partial charge in [-0.3, -0.25) is 14.5 Å². The molecule has 8 heteroatoms. The number of piperidine rings is 1. The van der Waals surface area contributed by atoms with Crippen molar-refractivity contribution in [3.05, 3.63) is 58.4 Å². The number of aromatic amines is 1. The lowest BCUT2D eigenvalue weighted by Gasteiger charge is -2.31. The summed E-state index contributed by atoms with van der Waals surface area (Å²) in [6.45, 7) is 1.30. The molecule has 162 valence electrons. The Morgan fingerprint density at radius 1 is 1.06 bits per heavy atom. The van der Waals surface area contributed by atoms with Crippen LogP contribution in [0.15, 0.2) is 41.2 Å². The van der Waals surface area contributed by atoms with Gasteiger partial charge in [0.2, 0.25) is 0 Å². The number of aryl methyl sites for hydroxylation is 1. The van der Waals surface area contributed by atoms with Gasteiger partial charge in [0, 0.05) is 37.7 Å². The Labute approximate surface area is 180 Å². The lowest BCUT2D eigenvalue weighted by atomic mass is 9.95. The van der Waals surface area contributed by atoms with Gasteiger partial charge in [-0.05, 0) is 31.7 Å². The lowest BCUT2D eigenvalue weighted by molar-refractivity contribution is 0.0703. The Morgan fingerprint density at radius 3 is 2.48 bits per heavy atom. The van der Waals surface area contributed by atoms with Crippen LogP contribution in [0.1, 0.15) is 66.8 Å². The standard InChI is InChI=1S/C23H28N6O2/c1-27-23(31)29(18-9-5-6-10-18)21(26-27)17-11-13-28(14-12-17)22(30)20-15-19(24-25-20)16-7-3-2-4-8-16/h2-4,7-8,15,17-18H,5-6,9-14H2,1H3,(H,24,25). The largest absolute Gasteiger partial charge is 0.345 e. The summed E-state index contributed by atoms with van der Waals surface area (Å²) in [7, 11) is 1.73. The zero-order chi connectivity index (χ0) is 21.4. The lowest BCUT2D eigenvalue weighted by Crippen LogP contribution is -2.39. The van der Waals surface area contributed by atoms with E-state index in [9.17, 15) is 9.59 Å². The molecule has 3 heterocycles. The van der Waals surface area contributed by atoms with Crippen molar-refractivity contribution in [1.29, 1.82) is 0 Å². The molecule has 1 aromatic carbocycles. The predicted octanol–water partition coefficient (Wildman–Crippen LogP) is 3.11. The second-order valence-corrected chi connectivity index (χ2v) is 8.67. The quantitative estimate of drug-likeness (QED) is 0.702.